The molecule has 1 aromatic rings. The molecule has 0 bridgehead atoms. The molecule has 2 rings (SSSR count). The Labute approximate surface area is 167 Å². The number of alkyl halides is 3. The molecule has 160 valence electrons. The van der Waals surface area contributed by atoms with E-state index in [1.807, 2.05) is 5.32 Å². The molecule has 1 saturated heterocycles. The maximum atomic E-state index is 12.4. The van der Waals surface area contributed by atoms with Gasteiger partial charge in [0.05, 0.1) is 4.90 Å². The smallest absolute Gasteiger partial charge is 0.345 e. The summed E-state index contributed by atoms with van der Waals surface area (Å²) in [5.41, 5.74) is 0.561. The van der Waals surface area contributed by atoms with Crippen LogP contribution in [0.3, 0.4) is 0 Å². The van der Waals surface area contributed by atoms with Crippen LogP contribution in [0.4, 0.5) is 13.2 Å². The highest BCUT2D eigenvalue weighted by Gasteiger charge is 2.35. The van der Waals surface area contributed by atoms with Crippen molar-refractivity contribution in [2.75, 3.05) is 19.6 Å². The van der Waals surface area contributed by atoms with E-state index in [1.54, 1.807) is 6.92 Å². The lowest BCUT2D eigenvalue weighted by atomic mass is 10.2. The van der Waals surface area contributed by atoms with E-state index >= 15 is 0 Å². The lowest BCUT2D eigenvalue weighted by Crippen LogP contribution is -2.47. The van der Waals surface area contributed by atoms with Crippen molar-refractivity contribution in [3.05, 3.63) is 35.9 Å². The van der Waals surface area contributed by atoms with Gasteiger partial charge in [-0.05, 0) is 36.6 Å². The van der Waals surface area contributed by atoms with Gasteiger partial charge in [-0.25, -0.2) is 13.1 Å². The first-order chi connectivity index (χ1) is 13.5. The second kappa shape index (κ2) is 9.40. The van der Waals surface area contributed by atoms with Crippen molar-refractivity contribution in [3.63, 3.8) is 0 Å². The quantitative estimate of drug-likeness (QED) is 0.640. The van der Waals surface area contributed by atoms with E-state index in [2.05, 4.69) is 4.72 Å². The van der Waals surface area contributed by atoms with Crippen LogP contribution in [0, 0.1) is 0 Å². The Hall–Kier alpha value is -2.40. The number of carbonyl (C=O) groups is 2. The molecule has 1 aromatic carbocycles. The minimum absolute atomic E-state index is 0.0868. The van der Waals surface area contributed by atoms with Crippen molar-refractivity contribution in [3.8, 4) is 0 Å². The maximum Gasteiger partial charge on any atom is 0.405 e. The molecule has 1 heterocycles. The standard InChI is InChI=1S/C18H22F3N3O4S/c1-2-23-29(27,28)14-8-5-13(6-9-14)7-10-16(25)24-11-3-4-15(24)17(26)22-12-18(19,20)21/h5-10,15,23H,2-4,11-12H2,1H3,(H,22,26). The molecule has 11 heteroatoms. The molecule has 1 unspecified atom stereocenters. The molecule has 1 aliphatic rings. The average molecular weight is 433 g/mol. The lowest BCUT2D eigenvalue weighted by molar-refractivity contribution is -0.143. The van der Waals surface area contributed by atoms with E-state index < -0.39 is 40.6 Å². The van der Waals surface area contributed by atoms with Gasteiger partial charge < -0.3 is 10.2 Å². The molecular formula is C18H22F3N3O4S. The largest absolute Gasteiger partial charge is 0.405 e. The Morgan fingerprint density at radius 3 is 2.48 bits per heavy atom. The molecule has 0 radical (unpaired) electrons. The summed E-state index contributed by atoms with van der Waals surface area (Å²) in [6.45, 7) is 0.747. The second-order valence-corrected chi connectivity index (χ2v) is 8.19. The van der Waals surface area contributed by atoms with Crippen LogP contribution in [0.5, 0.6) is 0 Å². The van der Waals surface area contributed by atoms with Gasteiger partial charge in [0.25, 0.3) is 0 Å². The summed E-state index contributed by atoms with van der Waals surface area (Å²) in [6.07, 6.45) is -1.05. The number of nitrogens with one attached hydrogen (secondary N) is 2. The zero-order valence-electron chi connectivity index (χ0n) is 15.7. The van der Waals surface area contributed by atoms with Crippen LogP contribution in [0.25, 0.3) is 6.08 Å². The van der Waals surface area contributed by atoms with E-state index in [-0.39, 0.29) is 18.0 Å². The molecule has 2 amide bonds. The number of halogens is 3. The fourth-order valence-electron chi connectivity index (χ4n) is 2.90. The van der Waals surface area contributed by atoms with Crippen molar-refractivity contribution in [2.45, 2.75) is 36.9 Å². The molecule has 0 aliphatic carbocycles. The van der Waals surface area contributed by atoms with E-state index in [0.717, 1.165) is 0 Å². The van der Waals surface area contributed by atoms with Gasteiger partial charge in [-0.15, -0.1) is 0 Å². The van der Waals surface area contributed by atoms with Crippen LogP contribution in [-0.4, -0.2) is 57.0 Å². The minimum atomic E-state index is -4.52. The monoisotopic (exact) mass is 433 g/mol. The first-order valence-electron chi connectivity index (χ1n) is 8.96. The summed E-state index contributed by atoms with van der Waals surface area (Å²) in [7, 11) is -3.58. The highest BCUT2D eigenvalue weighted by atomic mass is 32.2. The number of carbonyl (C=O) groups excluding carboxylic acids is 2. The van der Waals surface area contributed by atoms with Gasteiger partial charge in [-0.2, -0.15) is 13.2 Å². The predicted molar refractivity (Wildman–Crippen MR) is 100 cm³/mol. The highest BCUT2D eigenvalue weighted by Crippen LogP contribution is 2.20. The summed E-state index contributed by atoms with van der Waals surface area (Å²) < 4.78 is 63.0. The molecule has 0 spiro atoms. The number of likely N-dealkylation sites (tertiary alicyclic amines) is 1. The Bertz CT molecular complexity index is 867. The number of amides is 2. The van der Waals surface area contributed by atoms with Crippen molar-refractivity contribution in [2.24, 2.45) is 0 Å². The zero-order chi connectivity index (χ0) is 21.7. The molecular weight excluding hydrogens is 411 g/mol. The highest BCUT2D eigenvalue weighted by molar-refractivity contribution is 7.89. The van der Waals surface area contributed by atoms with E-state index in [9.17, 15) is 31.2 Å². The first-order valence-corrected chi connectivity index (χ1v) is 10.4. The molecule has 0 aromatic heterocycles. The zero-order valence-corrected chi connectivity index (χ0v) is 16.5. The number of sulfonamides is 1. The van der Waals surface area contributed by atoms with Gasteiger partial charge >= 0.3 is 6.18 Å². The molecule has 1 atom stereocenters. The van der Waals surface area contributed by atoms with Crippen LogP contribution in [0.1, 0.15) is 25.3 Å². The topological polar surface area (TPSA) is 95.6 Å². The second-order valence-electron chi connectivity index (χ2n) is 6.43. The maximum absolute atomic E-state index is 12.4. The Balaban J connectivity index is 2.01. The summed E-state index contributed by atoms with van der Waals surface area (Å²) >= 11 is 0. The van der Waals surface area contributed by atoms with Gasteiger partial charge in [0.2, 0.25) is 21.8 Å². The average Bonchev–Trinajstić information content (AvgIpc) is 3.14. The van der Waals surface area contributed by atoms with E-state index in [0.29, 0.717) is 18.4 Å². The van der Waals surface area contributed by atoms with Crippen LogP contribution in [0.2, 0.25) is 0 Å². The Kier molecular flexibility index (Phi) is 7.42. The minimum Gasteiger partial charge on any atom is -0.345 e. The third kappa shape index (κ3) is 6.57. The fourth-order valence-corrected chi connectivity index (χ4v) is 3.94. The lowest BCUT2D eigenvalue weighted by Gasteiger charge is -2.23. The normalized spacial score (nSPS) is 17.7. The SMILES string of the molecule is CCNS(=O)(=O)c1ccc(C=CC(=O)N2CCCC2C(=O)NCC(F)(F)F)cc1. The van der Waals surface area contributed by atoms with Crippen molar-refractivity contribution in [1.82, 2.24) is 14.9 Å². The molecule has 2 N–H and O–H groups in total. The van der Waals surface area contributed by atoms with Crippen LogP contribution < -0.4 is 10.0 Å². The number of nitrogens with zero attached hydrogens (tertiary/aromatic N) is 1. The number of hydrogen-bond donors (Lipinski definition) is 2. The van der Waals surface area contributed by atoms with Gasteiger partial charge in [-0.1, -0.05) is 19.1 Å². The number of benzene rings is 1. The van der Waals surface area contributed by atoms with Gasteiger partial charge in [0.1, 0.15) is 12.6 Å². The van der Waals surface area contributed by atoms with Gasteiger partial charge in [0, 0.05) is 19.2 Å². The van der Waals surface area contributed by atoms with Crippen molar-refractivity contribution < 1.29 is 31.2 Å². The van der Waals surface area contributed by atoms with E-state index in [1.165, 1.54) is 41.3 Å². The van der Waals surface area contributed by atoms with Gasteiger partial charge in [-0.3, -0.25) is 9.59 Å². The van der Waals surface area contributed by atoms with Crippen molar-refractivity contribution in [1.29, 1.82) is 0 Å². The third-order valence-corrected chi connectivity index (χ3v) is 5.81. The Morgan fingerprint density at radius 2 is 1.90 bits per heavy atom. The number of hydrogen-bond acceptors (Lipinski definition) is 4. The summed E-state index contributed by atoms with van der Waals surface area (Å²) in [5, 5.41) is 1.81. The van der Waals surface area contributed by atoms with Crippen LogP contribution >= 0.6 is 0 Å². The van der Waals surface area contributed by atoms with Crippen LogP contribution in [-0.2, 0) is 19.6 Å². The predicted octanol–water partition coefficient (Wildman–Crippen LogP) is 1.67. The molecule has 1 fully saturated rings. The third-order valence-electron chi connectivity index (χ3n) is 4.24. The van der Waals surface area contributed by atoms with Crippen molar-refractivity contribution >= 4 is 27.9 Å². The molecule has 29 heavy (non-hydrogen) atoms. The van der Waals surface area contributed by atoms with Gasteiger partial charge in [0.15, 0.2) is 0 Å². The van der Waals surface area contributed by atoms with Crippen LogP contribution in [0.15, 0.2) is 35.2 Å². The summed E-state index contributed by atoms with van der Waals surface area (Å²) in [6, 6.07) is 4.88. The molecule has 7 nitrogen and oxygen atoms in total. The van der Waals surface area contributed by atoms with E-state index in [4.69, 9.17) is 0 Å². The molecule has 0 saturated carbocycles. The number of rotatable bonds is 7. The first kappa shape index (κ1) is 22.9. The molecule has 1 aliphatic heterocycles. The fraction of sp³-hybridized carbons (Fsp3) is 0.444. The summed E-state index contributed by atoms with van der Waals surface area (Å²) in [5.74, 6) is -1.33. The Morgan fingerprint density at radius 1 is 1.24 bits per heavy atom. The summed E-state index contributed by atoms with van der Waals surface area (Å²) in [4.78, 5) is 25.7.